The highest BCUT2D eigenvalue weighted by atomic mass is 19.3. The average Bonchev–Trinajstić information content (AvgIpc) is 2.01. The maximum atomic E-state index is 12.9. The summed E-state index contributed by atoms with van der Waals surface area (Å²) >= 11 is 0. The van der Waals surface area contributed by atoms with Gasteiger partial charge in [0.25, 0.3) is 5.92 Å². The van der Waals surface area contributed by atoms with Gasteiger partial charge in [0, 0.05) is 12.5 Å². The summed E-state index contributed by atoms with van der Waals surface area (Å²) in [4.78, 5) is 10.2. The fourth-order valence-electron chi connectivity index (χ4n) is 0.961. The molecule has 13 heavy (non-hydrogen) atoms. The first-order valence-electron chi connectivity index (χ1n) is 3.58. The Hall–Kier alpha value is -1.32. The first kappa shape index (κ1) is 9.77. The third kappa shape index (κ3) is 2.08. The second kappa shape index (κ2) is 3.20. The van der Waals surface area contributed by atoms with Crippen molar-refractivity contribution in [1.29, 1.82) is 0 Å². The van der Waals surface area contributed by atoms with Gasteiger partial charge in [0.1, 0.15) is 12.1 Å². The topological polar surface area (TPSA) is 17.1 Å². The minimum atomic E-state index is -3.22. The Morgan fingerprint density at radius 1 is 1.38 bits per heavy atom. The molecule has 1 aromatic rings. The summed E-state index contributed by atoms with van der Waals surface area (Å²) in [5.41, 5.74) is -0.649. The first-order valence-corrected chi connectivity index (χ1v) is 3.58. The Morgan fingerprint density at radius 2 is 2.00 bits per heavy atom. The van der Waals surface area contributed by atoms with Crippen LogP contribution in [0.2, 0.25) is 0 Å². The van der Waals surface area contributed by atoms with Gasteiger partial charge in [0.15, 0.2) is 0 Å². The van der Waals surface area contributed by atoms with Crippen LogP contribution < -0.4 is 0 Å². The van der Waals surface area contributed by atoms with Crippen molar-refractivity contribution < 1.29 is 18.0 Å². The van der Waals surface area contributed by atoms with Gasteiger partial charge in [-0.1, -0.05) is 6.07 Å². The molecule has 1 nitrogen and oxygen atoms in total. The Kier molecular flexibility index (Phi) is 2.40. The van der Waals surface area contributed by atoms with Crippen LogP contribution in [0, 0.1) is 5.82 Å². The SMILES string of the molecule is CC(F)(F)c1ccc(C=O)cc1F. The second-order valence-electron chi connectivity index (χ2n) is 2.75. The van der Waals surface area contributed by atoms with Crippen LogP contribution in [-0.2, 0) is 5.92 Å². The van der Waals surface area contributed by atoms with Crippen LogP contribution >= 0.6 is 0 Å². The van der Waals surface area contributed by atoms with E-state index in [1.165, 1.54) is 0 Å². The molecule has 1 rings (SSSR count). The number of alkyl halides is 2. The largest absolute Gasteiger partial charge is 0.298 e. The van der Waals surface area contributed by atoms with Crippen molar-refractivity contribution in [3.05, 3.63) is 35.1 Å². The summed E-state index contributed by atoms with van der Waals surface area (Å²) < 4.78 is 38.1. The minimum Gasteiger partial charge on any atom is -0.298 e. The molecule has 4 heteroatoms. The first-order chi connectivity index (χ1) is 5.95. The third-order valence-corrected chi connectivity index (χ3v) is 1.60. The van der Waals surface area contributed by atoms with Crippen molar-refractivity contribution >= 4 is 6.29 Å². The van der Waals surface area contributed by atoms with Gasteiger partial charge in [0.2, 0.25) is 0 Å². The van der Waals surface area contributed by atoms with E-state index in [-0.39, 0.29) is 5.56 Å². The van der Waals surface area contributed by atoms with Gasteiger partial charge in [-0.2, -0.15) is 0 Å². The monoisotopic (exact) mass is 188 g/mol. The number of benzene rings is 1. The van der Waals surface area contributed by atoms with Crippen LogP contribution in [0.25, 0.3) is 0 Å². The molecule has 1 aromatic carbocycles. The molecule has 0 N–H and O–H groups in total. The fourth-order valence-corrected chi connectivity index (χ4v) is 0.961. The fraction of sp³-hybridized carbons (Fsp3) is 0.222. The molecular weight excluding hydrogens is 181 g/mol. The van der Waals surface area contributed by atoms with E-state index in [1.807, 2.05) is 0 Å². The molecular formula is C9H7F3O. The van der Waals surface area contributed by atoms with Gasteiger partial charge in [-0.25, -0.2) is 13.2 Å². The van der Waals surface area contributed by atoms with Crippen molar-refractivity contribution in [2.75, 3.05) is 0 Å². The molecule has 0 aliphatic rings. The zero-order chi connectivity index (χ0) is 10.1. The molecule has 0 aliphatic heterocycles. The van der Waals surface area contributed by atoms with Crippen LogP contribution in [0.5, 0.6) is 0 Å². The van der Waals surface area contributed by atoms with Crippen LogP contribution in [0.1, 0.15) is 22.8 Å². The van der Waals surface area contributed by atoms with Crippen LogP contribution in [-0.4, -0.2) is 6.29 Å². The van der Waals surface area contributed by atoms with Crippen molar-refractivity contribution in [2.24, 2.45) is 0 Å². The van der Waals surface area contributed by atoms with Gasteiger partial charge in [-0.05, 0) is 12.1 Å². The Balaban J connectivity index is 3.20. The van der Waals surface area contributed by atoms with E-state index in [4.69, 9.17) is 0 Å². The van der Waals surface area contributed by atoms with Gasteiger partial charge < -0.3 is 0 Å². The van der Waals surface area contributed by atoms with E-state index in [9.17, 15) is 18.0 Å². The van der Waals surface area contributed by atoms with E-state index in [1.54, 1.807) is 0 Å². The summed E-state index contributed by atoms with van der Waals surface area (Å²) in [5.74, 6) is -4.28. The predicted molar refractivity (Wildman–Crippen MR) is 41.4 cm³/mol. The van der Waals surface area contributed by atoms with Gasteiger partial charge >= 0.3 is 0 Å². The predicted octanol–water partition coefficient (Wildman–Crippen LogP) is 2.75. The van der Waals surface area contributed by atoms with Crippen molar-refractivity contribution in [2.45, 2.75) is 12.8 Å². The standard InChI is InChI=1S/C9H7F3O/c1-9(11,12)7-3-2-6(5-13)4-8(7)10/h2-5H,1H3. The number of aldehydes is 1. The number of hydrogen-bond acceptors (Lipinski definition) is 1. The maximum absolute atomic E-state index is 12.9. The highest BCUT2D eigenvalue weighted by Crippen LogP contribution is 2.29. The van der Waals surface area contributed by atoms with Gasteiger partial charge in [-0.15, -0.1) is 0 Å². The number of carbonyl (C=O) groups excluding carboxylic acids is 1. The third-order valence-electron chi connectivity index (χ3n) is 1.60. The molecule has 0 saturated heterocycles. The van der Waals surface area contributed by atoms with Gasteiger partial charge in [-0.3, -0.25) is 4.79 Å². The summed E-state index contributed by atoms with van der Waals surface area (Å²) in [7, 11) is 0. The summed E-state index contributed by atoms with van der Waals surface area (Å²) in [6.45, 7) is 0.603. The molecule has 0 amide bonds. The molecule has 0 aliphatic carbocycles. The highest BCUT2D eigenvalue weighted by Gasteiger charge is 2.27. The minimum absolute atomic E-state index is 0.0468. The lowest BCUT2D eigenvalue weighted by atomic mass is 10.1. The molecule has 0 saturated carbocycles. The lowest BCUT2D eigenvalue weighted by Crippen LogP contribution is -2.09. The number of hydrogen-bond donors (Lipinski definition) is 0. The molecule has 0 heterocycles. The molecule has 0 fully saturated rings. The lowest BCUT2D eigenvalue weighted by Gasteiger charge is -2.11. The number of halogens is 3. The van der Waals surface area contributed by atoms with Crippen molar-refractivity contribution in [3.8, 4) is 0 Å². The van der Waals surface area contributed by atoms with Crippen LogP contribution in [0.4, 0.5) is 13.2 Å². The lowest BCUT2D eigenvalue weighted by molar-refractivity contribution is 0.0137. The second-order valence-corrected chi connectivity index (χ2v) is 2.75. The summed E-state index contributed by atoms with van der Waals surface area (Å²) in [5, 5.41) is 0. The zero-order valence-corrected chi connectivity index (χ0v) is 6.85. The molecule has 70 valence electrons. The van der Waals surface area contributed by atoms with Gasteiger partial charge in [0.05, 0.1) is 5.56 Å². The molecule has 0 atom stereocenters. The molecule has 0 spiro atoms. The summed E-state index contributed by atoms with van der Waals surface area (Å²) in [6.07, 6.45) is 0.403. The Bertz CT molecular complexity index is 328. The van der Waals surface area contributed by atoms with E-state index in [0.717, 1.165) is 18.2 Å². The van der Waals surface area contributed by atoms with E-state index in [2.05, 4.69) is 0 Å². The Morgan fingerprint density at radius 3 is 2.38 bits per heavy atom. The number of rotatable bonds is 2. The quantitative estimate of drug-likeness (QED) is 0.652. The van der Waals surface area contributed by atoms with Crippen molar-refractivity contribution in [1.82, 2.24) is 0 Å². The summed E-state index contributed by atoms with van der Waals surface area (Å²) in [6, 6.07) is 2.86. The van der Waals surface area contributed by atoms with Crippen LogP contribution in [0.15, 0.2) is 18.2 Å². The van der Waals surface area contributed by atoms with E-state index < -0.39 is 17.3 Å². The average molecular weight is 188 g/mol. The Labute approximate surface area is 73.2 Å². The number of carbonyl (C=O) groups is 1. The molecule has 0 unspecified atom stereocenters. The molecule has 0 aromatic heterocycles. The van der Waals surface area contributed by atoms with E-state index in [0.29, 0.717) is 13.2 Å². The smallest absolute Gasteiger partial charge is 0.273 e. The highest BCUT2D eigenvalue weighted by molar-refractivity contribution is 5.74. The van der Waals surface area contributed by atoms with E-state index >= 15 is 0 Å². The maximum Gasteiger partial charge on any atom is 0.273 e. The van der Waals surface area contributed by atoms with Crippen molar-refractivity contribution in [3.63, 3.8) is 0 Å². The molecule has 0 bridgehead atoms. The normalized spacial score (nSPS) is 11.4. The zero-order valence-electron chi connectivity index (χ0n) is 6.85. The van der Waals surface area contributed by atoms with Crippen LogP contribution in [0.3, 0.4) is 0 Å². The molecule has 0 radical (unpaired) electrons.